The highest BCUT2D eigenvalue weighted by atomic mass is 35.5. The van der Waals surface area contributed by atoms with Gasteiger partial charge in [0.05, 0.1) is 29.7 Å². The number of alkyl halides is 6. The second-order valence-corrected chi connectivity index (χ2v) is 10.4. The van der Waals surface area contributed by atoms with Crippen LogP contribution in [0.4, 0.5) is 32.2 Å². The van der Waals surface area contributed by atoms with E-state index < -0.39 is 24.3 Å². The Kier molecular flexibility index (Phi) is 12.4. The molecule has 0 saturated heterocycles. The summed E-state index contributed by atoms with van der Waals surface area (Å²) >= 11 is 6.70. The van der Waals surface area contributed by atoms with E-state index in [1.54, 1.807) is 39.7 Å². The summed E-state index contributed by atoms with van der Waals surface area (Å²) in [7, 11) is 5.02. The maximum atomic E-state index is 12.3. The zero-order valence-electron chi connectivity index (χ0n) is 26.0. The van der Waals surface area contributed by atoms with E-state index in [-0.39, 0.29) is 11.9 Å². The summed E-state index contributed by atoms with van der Waals surface area (Å²) in [6.45, 7) is 5.89. The first-order valence-corrected chi connectivity index (χ1v) is 13.7. The lowest BCUT2D eigenvalue weighted by atomic mass is 9.94. The molecule has 1 aromatic carbocycles. The average molecular weight is 707 g/mol. The molecule has 0 aliphatic heterocycles. The zero-order chi connectivity index (χ0) is 36.9. The van der Waals surface area contributed by atoms with Gasteiger partial charge in [-0.25, -0.2) is 14.6 Å². The predicted molar refractivity (Wildman–Crippen MR) is 162 cm³/mol. The highest BCUT2D eigenvalue weighted by Crippen LogP contribution is 2.43. The number of aromatic nitrogens is 4. The van der Waals surface area contributed by atoms with Crippen molar-refractivity contribution < 1.29 is 55.7 Å². The topological polar surface area (TPSA) is 174 Å². The molecular formula is C29H29ClF6N6O6. The van der Waals surface area contributed by atoms with Crippen LogP contribution in [0.5, 0.6) is 5.75 Å². The summed E-state index contributed by atoms with van der Waals surface area (Å²) in [5.74, 6) is -4.56. The van der Waals surface area contributed by atoms with Gasteiger partial charge in [-0.15, -0.1) is 0 Å². The molecule has 0 spiro atoms. The fourth-order valence-corrected chi connectivity index (χ4v) is 4.45. The Hall–Kier alpha value is -5.13. The molecule has 0 saturated carbocycles. The van der Waals surface area contributed by atoms with E-state index in [4.69, 9.17) is 47.0 Å². The number of ether oxygens (including phenoxy) is 1. The van der Waals surface area contributed by atoms with Crippen LogP contribution in [0.1, 0.15) is 40.3 Å². The maximum Gasteiger partial charge on any atom is 0.490 e. The maximum absolute atomic E-state index is 12.3. The monoisotopic (exact) mass is 706 g/mol. The molecule has 0 aliphatic carbocycles. The van der Waals surface area contributed by atoms with Crippen LogP contribution in [0.15, 0.2) is 36.7 Å². The largest absolute Gasteiger partial charge is 0.496 e. The number of benzene rings is 1. The van der Waals surface area contributed by atoms with Gasteiger partial charge in [-0.1, -0.05) is 17.7 Å². The fraction of sp³-hybridized carbons (Fsp3) is 0.310. The van der Waals surface area contributed by atoms with Crippen LogP contribution in [0, 0.1) is 13.8 Å². The fourth-order valence-electron chi connectivity index (χ4n) is 4.24. The van der Waals surface area contributed by atoms with E-state index in [0.29, 0.717) is 22.3 Å². The second kappa shape index (κ2) is 15.2. The lowest BCUT2D eigenvalue weighted by molar-refractivity contribution is -0.193. The van der Waals surface area contributed by atoms with Crippen molar-refractivity contribution in [2.75, 3.05) is 26.9 Å². The van der Waals surface area contributed by atoms with Crippen molar-refractivity contribution in [3.8, 4) is 16.9 Å². The smallest absolute Gasteiger partial charge is 0.490 e. The molecule has 260 valence electrons. The number of hydrogen-bond donors (Lipinski definition) is 3. The molecule has 4 aromatic rings. The van der Waals surface area contributed by atoms with Crippen LogP contribution in [-0.2, 0) is 9.59 Å². The van der Waals surface area contributed by atoms with Crippen molar-refractivity contribution in [1.29, 1.82) is 0 Å². The number of hydrogen-bond acceptors (Lipinski definition) is 8. The van der Waals surface area contributed by atoms with E-state index in [9.17, 15) is 31.1 Å². The van der Waals surface area contributed by atoms with Gasteiger partial charge in [0.15, 0.2) is 0 Å². The number of aryl methyl sites for hydroxylation is 1. The Morgan fingerprint density at radius 3 is 1.98 bits per heavy atom. The minimum atomic E-state index is -5.08. The Morgan fingerprint density at radius 2 is 1.54 bits per heavy atom. The number of pyridine rings is 2. The molecule has 3 aromatic heterocycles. The number of halogens is 7. The van der Waals surface area contributed by atoms with E-state index >= 15 is 0 Å². The number of carbonyl (C=O) groups is 3. The number of nitrogen functional groups attached to an aromatic ring is 1. The normalized spacial score (nSPS) is 11.9. The third kappa shape index (κ3) is 9.02. The average Bonchev–Trinajstić information content (AvgIpc) is 3.34. The lowest BCUT2D eigenvalue weighted by Crippen LogP contribution is -2.22. The van der Waals surface area contributed by atoms with Gasteiger partial charge in [-0.3, -0.25) is 14.5 Å². The quantitative estimate of drug-likeness (QED) is 0.211. The van der Waals surface area contributed by atoms with Gasteiger partial charge in [-0.05, 0) is 44.5 Å². The van der Waals surface area contributed by atoms with E-state index in [1.807, 2.05) is 43.7 Å². The van der Waals surface area contributed by atoms with Gasteiger partial charge in [0, 0.05) is 48.2 Å². The molecule has 1 amide bonds. The molecule has 4 N–H and O–H groups in total. The van der Waals surface area contributed by atoms with Crippen molar-refractivity contribution in [3.05, 3.63) is 64.2 Å². The van der Waals surface area contributed by atoms with Crippen molar-refractivity contribution in [2.45, 2.75) is 39.2 Å². The number of nitrogens with two attached hydrogens (primary N) is 1. The van der Waals surface area contributed by atoms with Gasteiger partial charge < -0.3 is 25.6 Å². The van der Waals surface area contributed by atoms with Gasteiger partial charge in [-0.2, -0.15) is 31.4 Å². The van der Waals surface area contributed by atoms with Crippen LogP contribution >= 0.6 is 11.6 Å². The highest BCUT2D eigenvalue weighted by Gasteiger charge is 2.39. The summed E-state index contributed by atoms with van der Waals surface area (Å²) in [6.07, 6.45) is -6.82. The molecular weight excluding hydrogens is 678 g/mol. The number of fused-ring (bicyclic) bond motifs is 1. The van der Waals surface area contributed by atoms with Crippen LogP contribution < -0.4 is 10.5 Å². The van der Waals surface area contributed by atoms with Crippen LogP contribution in [0.25, 0.3) is 22.0 Å². The van der Waals surface area contributed by atoms with Crippen LogP contribution in [0.3, 0.4) is 0 Å². The van der Waals surface area contributed by atoms with E-state index in [1.165, 1.54) is 4.90 Å². The number of rotatable bonds is 5. The molecule has 48 heavy (non-hydrogen) atoms. The minimum Gasteiger partial charge on any atom is -0.496 e. The first kappa shape index (κ1) is 39.1. The first-order valence-electron chi connectivity index (χ1n) is 13.3. The molecule has 1 unspecified atom stereocenters. The molecule has 3 heterocycles. The van der Waals surface area contributed by atoms with Gasteiger partial charge in [0.2, 0.25) is 0 Å². The van der Waals surface area contributed by atoms with Crippen molar-refractivity contribution >= 4 is 46.2 Å². The summed E-state index contributed by atoms with van der Waals surface area (Å²) in [6, 6.07) is 7.16. The molecule has 0 aliphatic rings. The summed E-state index contributed by atoms with van der Waals surface area (Å²) in [5, 5.41) is 20.4. The number of carboxylic acid groups (broad SMARTS) is 2. The van der Waals surface area contributed by atoms with E-state index in [2.05, 4.69) is 9.97 Å². The predicted octanol–water partition coefficient (Wildman–Crippen LogP) is 5.93. The second-order valence-electron chi connectivity index (χ2n) is 10.0. The number of carbonyl (C=O) groups excluding carboxylic acids is 1. The third-order valence-corrected chi connectivity index (χ3v) is 6.91. The zero-order valence-corrected chi connectivity index (χ0v) is 26.8. The summed E-state index contributed by atoms with van der Waals surface area (Å²) < 4.78 is 71.3. The number of aliphatic carboxylic acids is 2. The number of carboxylic acids is 2. The Balaban J connectivity index is 0.000000479. The molecule has 12 nitrogen and oxygen atoms in total. The molecule has 1 atom stereocenters. The van der Waals surface area contributed by atoms with Gasteiger partial charge in [0.1, 0.15) is 17.3 Å². The first-order chi connectivity index (χ1) is 22.0. The van der Waals surface area contributed by atoms with Crippen molar-refractivity contribution in [2.24, 2.45) is 0 Å². The third-order valence-electron chi connectivity index (χ3n) is 6.51. The minimum absolute atomic E-state index is 0.162. The number of methoxy groups -OCH3 is 1. The molecule has 4 rings (SSSR count). The van der Waals surface area contributed by atoms with Crippen molar-refractivity contribution in [3.63, 3.8) is 0 Å². The number of amides is 1. The molecule has 0 bridgehead atoms. The lowest BCUT2D eigenvalue weighted by Gasteiger charge is -2.22. The Morgan fingerprint density at radius 1 is 1.00 bits per heavy atom. The summed E-state index contributed by atoms with van der Waals surface area (Å²) in [5.41, 5.74) is 11.5. The Bertz CT molecular complexity index is 1790. The number of nitrogens with zero attached hydrogens (tertiary/aromatic N) is 5. The highest BCUT2D eigenvalue weighted by molar-refractivity contribution is 6.32. The molecule has 0 fully saturated rings. The Labute approximate surface area is 273 Å². The van der Waals surface area contributed by atoms with Crippen LogP contribution in [0.2, 0.25) is 5.02 Å². The van der Waals surface area contributed by atoms with E-state index in [0.717, 1.165) is 38.9 Å². The van der Waals surface area contributed by atoms with Gasteiger partial charge >= 0.3 is 24.3 Å². The number of anilines is 1. The van der Waals surface area contributed by atoms with Gasteiger partial charge in [0.25, 0.3) is 5.91 Å². The summed E-state index contributed by atoms with van der Waals surface area (Å²) in [4.78, 5) is 40.1. The molecule has 0 radical (unpaired) electrons. The standard InChI is InChI=1S/C25H27ClN6O2.2C2HF3O2/c1-13-18(26)11-17(15(3)32-20-9-10-28-24(27)22(20)14(2)30-32)23(34-6)21(13)16-7-8-19(29-12-16)25(33)31(4)5;2*3-2(4,5)1(6)7/h7-12,15H,1-6H3,(H2,27,28);2*(H,6,7). The molecule has 19 heteroatoms. The van der Waals surface area contributed by atoms with Crippen molar-refractivity contribution in [1.82, 2.24) is 24.6 Å². The van der Waals surface area contributed by atoms with Crippen LogP contribution in [-0.4, -0.2) is 86.3 Å². The SMILES string of the molecule is COc1c(C(C)n2nc(C)c3c(N)nccc32)cc(Cl)c(C)c1-c1ccc(C(=O)N(C)C)nc1.O=C(O)C(F)(F)F.O=C(O)C(F)(F)F.